The summed E-state index contributed by atoms with van der Waals surface area (Å²) in [6, 6.07) is 5.89. The van der Waals surface area contributed by atoms with E-state index < -0.39 is 0 Å². The van der Waals surface area contributed by atoms with Crippen LogP contribution in [0.15, 0.2) is 34.6 Å². The summed E-state index contributed by atoms with van der Waals surface area (Å²) in [6.07, 6.45) is 3.87. The lowest BCUT2D eigenvalue weighted by Crippen LogP contribution is -2.16. The number of H-pyrrole nitrogens is 1. The molecule has 0 saturated heterocycles. The highest BCUT2D eigenvalue weighted by Gasteiger charge is 2.13. The smallest absolute Gasteiger partial charge is 0.251 e. The molecule has 2 rings (SSSR count). The van der Waals surface area contributed by atoms with Crippen LogP contribution in [0.5, 0.6) is 0 Å². The van der Waals surface area contributed by atoms with Gasteiger partial charge >= 0.3 is 0 Å². The van der Waals surface area contributed by atoms with Gasteiger partial charge < -0.3 is 4.57 Å². The Kier molecular flexibility index (Phi) is 3.91. The third-order valence-electron chi connectivity index (χ3n) is 2.62. The molecular weight excluding hydrogens is 252 g/mol. The van der Waals surface area contributed by atoms with Gasteiger partial charge in [-0.3, -0.25) is 9.78 Å². The molecule has 1 N–H and O–H groups in total. The summed E-state index contributed by atoms with van der Waals surface area (Å²) in [5.74, 6) is 0. The van der Waals surface area contributed by atoms with Gasteiger partial charge in [-0.25, -0.2) is 0 Å². The van der Waals surface area contributed by atoms with Crippen molar-refractivity contribution in [3.8, 4) is 0 Å². The Labute approximate surface area is 109 Å². The van der Waals surface area contributed by atoms with Crippen molar-refractivity contribution in [3.63, 3.8) is 0 Å². The Morgan fingerprint density at radius 3 is 2.94 bits per heavy atom. The lowest BCUT2D eigenvalue weighted by atomic mass is 10.1. The second kappa shape index (κ2) is 5.42. The summed E-state index contributed by atoms with van der Waals surface area (Å²) < 4.78 is 2.45. The molecule has 0 amide bonds. The van der Waals surface area contributed by atoms with E-state index in [1.807, 2.05) is 10.6 Å². The van der Waals surface area contributed by atoms with E-state index in [1.165, 1.54) is 10.9 Å². The number of hydrogen-bond donors (Lipinski definition) is 1. The highest BCUT2D eigenvalue weighted by molar-refractivity contribution is 7.71. The number of thiophene rings is 1. The van der Waals surface area contributed by atoms with E-state index in [2.05, 4.69) is 23.4 Å². The van der Waals surface area contributed by atoms with E-state index in [-0.39, 0.29) is 11.6 Å². The summed E-state index contributed by atoms with van der Waals surface area (Å²) in [6.45, 7) is 2.15. The maximum atomic E-state index is 11.2. The largest absolute Gasteiger partial charge is 0.317 e. The Morgan fingerprint density at radius 2 is 2.35 bits per heavy atom. The lowest BCUT2D eigenvalue weighted by molar-refractivity contribution is 0.524. The summed E-state index contributed by atoms with van der Waals surface area (Å²) >= 11 is 6.94. The normalized spacial score (nSPS) is 12.5. The van der Waals surface area contributed by atoms with Crippen LogP contribution in [0.1, 0.15) is 30.7 Å². The zero-order chi connectivity index (χ0) is 12.3. The van der Waals surface area contributed by atoms with Gasteiger partial charge in [0.25, 0.3) is 5.56 Å². The van der Waals surface area contributed by atoms with Crippen LogP contribution >= 0.6 is 23.6 Å². The van der Waals surface area contributed by atoms with E-state index in [0.29, 0.717) is 4.77 Å². The second-order valence-electron chi connectivity index (χ2n) is 3.84. The van der Waals surface area contributed by atoms with Crippen LogP contribution < -0.4 is 5.56 Å². The molecular formula is C12H14N2OS2. The quantitative estimate of drug-likeness (QED) is 0.862. The van der Waals surface area contributed by atoms with Gasteiger partial charge in [0.1, 0.15) is 0 Å². The van der Waals surface area contributed by atoms with Crippen LogP contribution in [0.3, 0.4) is 0 Å². The van der Waals surface area contributed by atoms with Crippen molar-refractivity contribution in [2.75, 3.05) is 0 Å². The van der Waals surface area contributed by atoms with E-state index in [9.17, 15) is 4.79 Å². The first-order valence-electron chi connectivity index (χ1n) is 5.57. The van der Waals surface area contributed by atoms with E-state index >= 15 is 0 Å². The fourth-order valence-electron chi connectivity index (χ4n) is 1.85. The first kappa shape index (κ1) is 12.3. The molecule has 0 aliphatic heterocycles. The van der Waals surface area contributed by atoms with Crippen molar-refractivity contribution >= 4 is 23.6 Å². The number of aromatic amines is 1. The third kappa shape index (κ3) is 2.73. The molecule has 90 valence electrons. The van der Waals surface area contributed by atoms with Crippen LogP contribution in [-0.2, 0) is 0 Å². The van der Waals surface area contributed by atoms with Crippen molar-refractivity contribution in [3.05, 3.63) is 49.8 Å². The van der Waals surface area contributed by atoms with E-state index in [1.54, 1.807) is 17.5 Å². The monoisotopic (exact) mass is 266 g/mol. The van der Waals surface area contributed by atoms with Gasteiger partial charge in [0, 0.05) is 17.1 Å². The Bertz CT molecular complexity index is 583. The molecule has 0 bridgehead atoms. The van der Waals surface area contributed by atoms with Gasteiger partial charge in [0.2, 0.25) is 0 Å². The van der Waals surface area contributed by atoms with Gasteiger partial charge in [-0.2, -0.15) is 0 Å². The zero-order valence-electron chi connectivity index (χ0n) is 9.55. The van der Waals surface area contributed by atoms with E-state index in [0.717, 1.165) is 12.8 Å². The summed E-state index contributed by atoms with van der Waals surface area (Å²) in [7, 11) is 0. The molecule has 0 spiro atoms. The van der Waals surface area contributed by atoms with Crippen molar-refractivity contribution in [2.24, 2.45) is 0 Å². The molecule has 3 nitrogen and oxygen atoms in total. The molecule has 2 aromatic heterocycles. The highest BCUT2D eigenvalue weighted by atomic mass is 32.1. The first-order chi connectivity index (χ1) is 8.22. The van der Waals surface area contributed by atoms with Crippen LogP contribution in [0.25, 0.3) is 0 Å². The third-order valence-corrected chi connectivity index (χ3v) is 3.91. The fraction of sp³-hybridized carbons (Fsp3) is 0.333. The molecule has 0 aliphatic carbocycles. The molecule has 0 aromatic carbocycles. The van der Waals surface area contributed by atoms with Crippen molar-refractivity contribution in [1.82, 2.24) is 9.55 Å². The summed E-state index contributed by atoms with van der Waals surface area (Å²) in [4.78, 5) is 15.1. The molecule has 0 fully saturated rings. The minimum atomic E-state index is -0.146. The molecule has 1 unspecified atom stereocenters. The van der Waals surface area contributed by atoms with E-state index in [4.69, 9.17) is 12.2 Å². The molecule has 0 saturated carbocycles. The molecule has 2 aromatic rings. The molecule has 2 heterocycles. The topological polar surface area (TPSA) is 37.8 Å². The highest BCUT2D eigenvalue weighted by Crippen LogP contribution is 2.27. The fourth-order valence-corrected chi connectivity index (χ4v) is 2.99. The predicted molar refractivity (Wildman–Crippen MR) is 73.3 cm³/mol. The van der Waals surface area contributed by atoms with Gasteiger partial charge in [-0.05, 0) is 30.1 Å². The SMILES string of the molecule is CCCC(c1cccs1)n1ccc(=O)[nH]c1=S. The standard InChI is InChI=1S/C12H14N2OS2/c1-2-4-9(10-5-3-8-17-10)14-7-6-11(15)13-12(14)16/h3,5-9H,2,4H2,1H3,(H,13,15,16). The van der Waals surface area contributed by atoms with Crippen LogP contribution in [0, 0.1) is 4.77 Å². The zero-order valence-corrected chi connectivity index (χ0v) is 11.2. The van der Waals surface area contributed by atoms with Crippen molar-refractivity contribution < 1.29 is 0 Å². The molecule has 17 heavy (non-hydrogen) atoms. The number of rotatable bonds is 4. The number of hydrogen-bond acceptors (Lipinski definition) is 3. The Hall–Kier alpha value is -1.20. The molecule has 0 aliphatic rings. The van der Waals surface area contributed by atoms with Crippen molar-refractivity contribution in [1.29, 1.82) is 0 Å². The minimum Gasteiger partial charge on any atom is -0.317 e. The van der Waals surface area contributed by atoms with Gasteiger partial charge in [-0.1, -0.05) is 19.4 Å². The van der Waals surface area contributed by atoms with Crippen LogP contribution in [0.2, 0.25) is 0 Å². The van der Waals surface area contributed by atoms with Gasteiger partial charge in [0.05, 0.1) is 6.04 Å². The average molecular weight is 266 g/mol. The molecule has 1 atom stereocenters. The molecule has 5 heteroatoms. The van der Waals surface area contributed by atoms with Gasteiger partial charge in [0.15, 0.2) is 4.77 Å². The summed E-state index contributed by atoms with van der Waals surface area (Å²) in [5.41, 5.74) is -0.146. The second-order valence-corrected chi connectivity index (χ2v) is 5.20. The average Bonchev–Trinajstić information content (AvgIpc) is 2.80. The maximum absolute atomic E-state index is 11.2. The predicted octanol–water partition coefficient (Wildman–Crippen LogP) is 3.36. The van der Waals surface area contributed by atoms with Crippen LogP contribution in [0.4, 0.5) is 0 Å². The Balaban J connectivity index is 2.46. The van der Waals surface area contributed by atoms with Crippen molar-refractivity contribution in [2.45, 2.75) is 25.8 Å². The summed E-state index contributed by atoms with van der Waals surface area (Å²) in [5, 5.41) is 2.06. The molecule has 0 radical (unpaired) electrons. The maximum Gasteiger partial charge on any atom is 0.251 e. The van der Waals surface area contributed by atoms with Gasteiger partial charge in [-0.15, -0.1) is 11.3 Å². The number of aromatic nitrogens is 2. The first-order valence-corrected chi connectivity index (χ1v) is 6.86. The lowest BCUT2D eigenvalue weighted by Gasteiger charge is -2.18. The number of nitrogens with zero attached hydrogens (tertiary/aromatic N) is 1. The minimum absolute atomic E-state index is 0.146. The number of nitrogens with one attached hydrogen (secondary N) is 1. The van der Waals surface area contributed by atoms with Crippen LogP contribution in [-0.4, -0.2) is 9.55 Å². The Morgan fingerprint density at radius 1 is 1.53 bits per heavy atom.